The second kappa shape index (κ2) is 8.53. The maximum Gasteiger partial charge on any atom is 0.337 e. The van der Waals surface area contributed by atoms with E-state index < -0.39 is 10.8 Å². The molecule has 0 amide bonds. The Morgan fingerprint density at radius 3 is 2.59 bits per heavy atom. The van der Waals surface area contributed by atoms with E-state index in [9.17, 15) is 14.1 Å². The number of nitrogens with zero attached hydrogens (tertiary/aromatic N) is 3. The van der Waals surface area contributed by atoms with Gasteiger partial charge in [-0.3, -0.25) is 9.53 Å². The minimum atomic E-state index is -1.06. The van der Waals surface area contributed by atoms with Crippen LogP contribution in [0.3, 0.4) is 0 Å². The first-order chi connectivity index (χ1) is 15.5. The lowest BCUT2D eigenvalue weighted by Gasteiger charge is -2.32. The van der Waals surface area contributed by atoms with Gasteiger partial charge in [0.15, 0.2) is 0 Å². The van der Waals surface area contributed by atoms with Crippen molar-refractivity contribution in [2.45, 2.75) is 48.5 Å². The monoisotopic (exact) mass is 457 g/mol. The maximum absolute atomic E-state index is 12.6. The van der Waals surface area contributed by atoms with Gasteiger partial charge in [-0.2, -0.15) is 4.98 Å². The van der Waals surface area contributed by atoms with Crippen LogP contribution in [0, 0.1) is 0 Å². The molecular weight excluding hydrogens is 428 g/mol. The molecule has 0 radical (unpaired) electrons. The number of piperidine rings is 1. The molecule has 1 aromatic heterocycles. The summed E-state index contributed by atoms with van der Waals surface area (Å²) in [7, 11) is 0.333. The molecule has 8 nitrogen and oxygen atoms in total. The molecule has 32 heavy (non-hydrogen) atoms. The van der Waals surface area contributed by atoms with Crippen LogP contribution in [0.15, 0.2) is 29.2 Å². The molecule has 1 aliphatic carbocycles. The van der Waals surface area contributed by atoms with Crippen molar-refractivity contribution in [3.05, 3.63) is 41.1 Å². The van der Waals surface area contributed by atoms with E-state index in [1.807, 2.05) is 29.6 Å². The molecule has 3 N–H and O–H groups in total. The Morgan fingerprint density at radius 1 is 1.25 bits per heavy atom. The molecule has 9 heteroatoms. The summed E-state index contributed by atoms with van der Waals surface area (Å²) >= 11 is 0. The number of aliphatic hydroxyl groups is 1. The fraction of sp³-hybridized carbons (Fsp3) is 0.522. The number of carbonyl (C=O) groups is 1. The number of carbonyl (C=O) groups excluding carboxylic acids is 1. The van der Waals surface area contributed by atoms with E-state index in [-0.39, 0.29) is 18.1 Å². The van der Waals surface area contributed by atoms with Gasteiger partial charge in [-0.25, -0.2) is 9.78 Å². The third kappa shape index (κ3) is 4.04. The molecule has 3 aliphatic rings. The molecule has 0 spiro atoms. The standard InChI is InChI=1S/C23H28N4O4S/c1-31-21(29)17-4-2-15(3-5-17)16-6-11-27(12-7-16)22-24-18-8-13-32(30)19(18)20(25-22)26-23(14-28)9-10-23/h2-5,16,28H,6-14H2,1H3,(H,24,25,26)/p+1. The first kappa shape index (κ1) is 21.5. The number of aromatic nitrogens is 2. The topological polar surface area (TPSA) is 109 Å². The average Bonchev–Trinajstić information content (AvgIpc) is 3.51. The SMILES string of the molecule is COC(=O)c1ccc(C2CCN(c3nc4c(c([NH2+]C5(CO)CC5)n3)S(=O)CC4)CC2)cc1. The lowest BCUT2D eigenvalue weighted by Crippen LogP contribution is -2.88. The molecule has 1 saturated heterocycles. The van der Waals surface area contributed by atoms with Gasteiger partial charge in [-0.1, -0.05) is 12.1 Å². The summed E-state index contributed by atoms with van der Waals surface area (Å²) in [4.78, 5) is 24.3. The van der Waals surface area contributed by atoms with Crippen molar-refractivity contribution in [2.75, 3.05) is 37.5 Å². The van der Waals surface area contributed by atoms with Gasteiger partial charge in [-0.05, 0) is 36.5 Å². The summed E-state index contributed by atoms with van der Waals surface area (Å²) in [6.45, 7) is 1.79. The van der Waals surface area contributed by atoms with Crippen LogP contribution >= 0.6 is 0 Å². The normalized spacial score (nSPS) is 21.9. The molecule has 2 aromatic rings. The average molecular weight is 458 g/mol. The Balaban J connectivity index is 1.31. The maximum atomic E-state index is 12.6. The molecule has 2 aliphatic heterocycles. The smallest absolute Gasteiger partial charge is 0.337 e. The van der Waals surface area contributed by atoms with Crippen molar-refractivity contribution in [3.8, 4) is 0 Å². The van der Waals surface area contributed by atoms with Crippen molar-refractivity contribution in [1.82, 2.24) is 9.97 Å². The van der Waals surface area contributed by atoms with Crippen LogP contribution in [0.1, 0.15) is 53.2 Å². The Kier molecular flexibility index (Phi) is 5.73. The lowest BCUT2D eigenvalue weighted by atomic mass is 9.89. The number of benzene rings is 1. The molecule has 1 unspecified atom stereocenters. The van der Waals surface area contributed by atoms with E-state index in [1.54, 1.807) is 0 Å². The number of ether oxygens (including phenoxy) is 1. The van der Waals surface area contributed by atoms with Gasteiger partial charge in [-0.15, -0.1) is 0 Å². The van der Waals surface area contributed by atoms with Gasteiger partial charge in [0.2, 0.25) is 11.8 Å². The number of esters is 1. The first-order valence-corrected chi connectivity index (χ1v) is 12.5. The van der Waals surface area contributed by atoms with Crippen LogP contribution in [0.4, 0.5) is 11.8 Å². The number of aliphatic hydroxyl groups excluding tert-OH is 1. The number of anilines is 1. The largest absolute Gasteiger partial charge is 0.465 e. The van der Waals surface area contributed by atoms with Gasteiger partial charge < -0.3 is 14.7 Å². The Labute approximate surface area is 189 Å². The van der Waals surface area contributed by atoms with Crippen LogP contribution in [0.2, 0.25) is 0 Å². The predicted molar refractivity (Wildman–Crippen MR) is 120 cm³/mol. The predicted octanol–water partition coefficient (Wildman–Crippen LogP) is 1.03. The minimum absolute atomic E-state index is 0.105. The third-order valence-electron chi connectivity index (χ3n) is 6.93. The fourth-order valence-electron chi connectivity index (χ4n) is 4.67. The molecule has 170 valence electrons. The molecule has 5 rings (SSSR count). The van der Waals surface area contributed by atoms with Crippen LogP contribution < -0.4 is 10.2 Å². The van der Waals surface area contributed by atoms with Gasteiger partial charge in [0, 0.05) is 38.1 Å². The Bertz CT molecular complexity index is 1050. The van der Waals surface area contributed by atoms with Crippen molar-refractivity contribution in [1.29, 1.82) is 0 Å². The molecular formula is C23H29N4O4S+. The summed E-state index contributed by atoms with van der Waals surface area (Å²) in [5, 5.41) is 11.8. The quantitative estimate of drug-likeness (QED) is 0.624. The highest BCUT2D eigenvalue weighted by atomic mass is 32.2. The third-order valence-corrected chi connectivity index (χ3v) is 8.41. The second-order valence-corrected chi connectivity index (χ2v) is 10.5. The number of aryl methyl sites for hydroxylation is 1. The number of hydrogen-bond donors (Lipinski definition) is 2. The number of hydrogen-bond acceptors (Lipinski definition) is 7. The van der Waals surface area contributed by atoms with Crippen molar-refractivity contribution in [3.63, 3.8) is 0 Å². The zero-order valence-corrected chi connectivity index (χ0v) is 19.1. The van der Waals surface area contributed by atoms with Gasteiger partial charge in [0.25, 0.3) is 0 Å². The number of nitrogens with two attached hydrogens (primary N) is 1. The highest BCUT2D eigenvalue weighted by molar-refractivity contribution is 7.85. The summed E-state index contributed by atoms with van der Waals surface area (Å²) in [5.41, 5.74) is 2.50. The number of methoxy groups -OCH3 is 1. The molecule has 1 atom stereocenters. The van der Waals surface area contributed by atoms with Gasteiger partial charge >= 0.3 is 5.97 Å². The molecule has 1 saturated carbocycles. The second-order valence-electron chi connectivity index (χ2n) is 9.02. The summed E-state index contributed by atoms with van der Waals surface area (Å²) in [6.07, 6.45) is 4.56. The first-order valence-electron chi connectivity index (χ1n) is 11.2. The zero-order chi connectivity index (χ0) is 22.3. The van der Waals surface area contributed by atoms with E-state index >= 15 is 0 Å². The Morgan fingerprint density at radius 2 is 1.97 bits per heavy atom. The minimum Gasteiger partial charge on any atom is -0.465 e. The zero-order valence-electron chi connectivity index (χ0n) is 18.2. The van der Waals surface area contributed by atoms with Gasteiger partial charge in [0.1, 0.15) is 10.4 Å². The van der Waals surface area contributed by atoms with Crippen molar-refractivity contribution in [2.24, 2.45) is 0 Å². The van der Waals surface area contributed by atoms with Crippen LogP contribution in [-0.4, -0.2) is 63.4 Å². The molecule has 2 fully saturated rings. The number of rotatable bonds is 6. The summed E-state index contributed by atoms with van der Waals surface area (Å²) in [6, 6.07) is 7.69. The summed E-state index contributed by atoms with van der Waals surface area (Å²) in [5.74, 6) is 2.18. The van der Waals surface area contributed by atoms with Crippen LogP contribution in [0.5, 0.6) is 0 Å². The fourth-order valence-corrected chi connectivity index (χ4v) is 6.00. The molecule has 0 bridgehead atoms. The molecule has 1 aromatic carbocycles. The van der Waals surface area contributed by atoms with Crippen molar-refractivity contribution < 1.29 is 24.2 Å². The summed E-state index contributed by atoms with van der Waals surface area (Å²) < 4.78 is 17.3. The Hall–Kier alpha value is -2.36. The van der Waals surface area contributed by atoms with E-state index in [0.717, 1.165) is 55.2 Å². The van der Waals surface area contributed by atoms with E-state index in [1.165, 1.54) is 12.7 Å². The number of fused-ring (bicyclic) bond motifs is 1. The van der Waals surface area contributed by atoms with Gasteiger partial charge in [0.05, 0.1) is 35.8 Å². The molecule has 3 heterocycles. The highest BCUT2D eigenvalue weighted by Gasteiger charge is 2.49. The van der Waals surface area contributed by atoms with Crippen LogP contribution in [0.25, 0.3) is 0 Å². The van der Waals surface area contributed by atoms with E-state index in [4.69, 9.17) is 14.7 Å². The lowest BCUT2D eigenvalue weighted by molar-refractivity contribution is -0.634. The van der Waals surface area contributed by atoms with Crippen molar-refractivity contribution >= 4 is 28.5 Å². The highest BCUT2D eigenvalue weighted by Crippen LogP contribution is 2.35. The number of quaternary nitrogens is 1. The van der Waals surface area contributed by atoms with E-state index in [2.05, 4.69) is 4.90 Å². The van der Waals surface area contributed by atoms with E-state index in [0.29, 0.717) is 29.6 Å². The van der Waals surface area contributed by atoms with Crippen LogP contribution in [-0.2, 0) is 22.0 Å².